The van der Waals surface area contributed by atoms with Crippen LogP contribution in [0.1, 0.15) is 34.7 Å². The Morgan fingerprint density at radius 3 is 2.22 bits per heavy atom. The normalized spacial score (nSPS) is 13.1. The van der Waals surface area contributed by atoms with Gasteiger partial charge in [-0.15, -0.1) is 0 Å². The number of benzene rings is 3. The van der Waals surface area contributed by atoms with Crippen molar-refractivity contribution in [3.8, 4) is 0 Å². The van der Waals surface area contributed by atoms with Gasteiger partial charge in [-0.05, 0) is 53.8 Å². The number of halogens is 3. The number of alkyl halides is 3. The number of aliphatic hydroxyl groups is 1. The number of sulfonamides is 1. The van der Waals surface area contributed by atoms with Gasteiger partial charge in [0.15, 0.2) is 0 Å². The highest BCUT2D eigenvalue weighted by Crippen LogP contribution is 2.34. The summed E-state index contributed by atoms with van der Waals surface area (Å²) in [6.07, 6.45) is -4.21. The SMILES string of the molecule is O=c1cc(C(F)(F)F)c2cc(Cc3ccc(S(=O)(=O)NC(CCO)c4ccccc4)cc3)ccc2[nH]1. The Hall–Kier alpha value is -3.47. The molecule has 36 heavy (non-hydrogen) atoms. The van der Waals surface area contributed by atoms with Crippen molar-refractivity contribution in [2.75, 3.05) is 6.61 Å². The molecule has 0 fully saturated rings. The lowest BCUT2D eigenvalue weighted by Gasteiger charge is -2.18. The van der Waals surface area contributed by atoms with Gasteiger partial charge in [0, 0.05) is 29.6 Å². The molecule has 10 heteroatoms. The van der Waals surface area contributed by atoms with E-state index in [1.54, 1.807) is 42.5 Å². The molecule has 0 amide bonds. The summed E-state index contributed by atoms with van der Waals surface area (Å²) in [6.45, 7) is -0.198. The van der Waals surface area contributed by atoms with Crippen molar-refractivity contribution in [3.63, 3.8) is 0 Å². The number of pyridine rings is 1. The van der Waals surface area contributed by atoms with Gasteiger partial charge in [0.1, 0.15) is 0 Å². The van der Waals surface area contributed by atoms with E-state index in [4.69, 9.17) is 0 Å². The molecular formula is C26H23F3N2O4S. The second-order valence-corrected chi connectivity index (χ2v) is 10.1. The zero-order chi connectivity index (χ0) is 25.9. The number of H-pyrrole nitrogens is 1. The van der Waals surface area contributed by atoms with Crippen LogP contribution in [0.4, 0.5) is 13.2 Å². The molecule has 3 N–H and O–H groups in total. The van der Waals surface area contributed by atoms with Gasteiger partial charge in [0.05, 0.1) is 10.5 Å². The molecule has 1 unspecified atom stereocenters. The van der Waals surface area contributed by atoms with Gasteiger partial charge in [-0.2, -0.15) is 13.2 Å². The van der Waals surface area contributed by atoms with Crippen LogP contribution in [-0.4, -0.2) is 25.1 Å². The van der Waals surface area contributed by atoms with E-state index in [0.29, 0.717) is 17.2 Å². The molecule has 1 aromatic heterocycles. The first-order valence-electron chi connectivity index (χ1n) is 11.1. The van der Waals surface area contributed by atoms with Crippen molar-refractivity contribution < 1.29 is 26.7 Å². The molecule has 0 aliphatic rings. The highest BCUT2D eigenvalue weighted by molar-refractivity contribution is 7.89. The van der Waals surface area contributed by atoms with E-state index in [1.165, 1.54) is 24.3 Å². The third kappa shape index (κ3) is 5.84. The molecule has 0 saturated carbocycles. The van der Waals surface area contributed by atoms with Gasteiger partial charge >= 0.3 is 6.18 Å². The van der Waals surface area contributed by atoms with Crippen LogP contribution in [0, 0.1) is 0 Å². The van der Waals surface area contributed by atoms with Crippen molar-refractivity contribution in [2.45, 2.75) is 30.0 Å². The van der Waals surface area contributed by atoms with E-state index in [0.717, 1.165) is 5.56 Å². The summed E-state index contributed by atoms with van der Waals surface area (Å²) in [4.78, 5) is 14.0. The number of aromatic nitrogens is 1. The average Bonchev–Trinajstić information content (AvgIpc) is 2.84. The third-order valence-electron chi connectivity index (χ3n) is 5.77. The van der Waals surface area contributed by atoms with Crippen LogP contribution in [0.3, 0.4) is 0 Å². The Balaban J connectivity index is 1.56. The maximum absolute atomic E-state index is 13.4. The number of aromatic amines is 1. The molecule has 188 valence electrons. The van der Waals surface area contributed by atoms with Crippen molar-refractivity contribution in [1.82, 2.24) is 9.71 Å². The van der Waals surface area contributed by atoms with Crippen LogP contribution in [0.5, 0.6) is 0 Å². The van der Waals surface area contributed by atoms with E-state index < -0.39 is 33.4 Å². The van der Waals surface area contributed by atoms with Crippen LogP contribution in [0.2, 0.25) is 0 Å². The standard InChI is InChI=1S/C26H23F3N2O4S/c27-26(28,29)22-16-25(33)30-24-11-8-18(15-21(22)24)14-17-6-9-20(10-7-17)36(34,35)31-23(12-13-32)19-4-2-1-3-5-19/h1-11,15-16,23,31-32H,12-14H2,(H,30,33). The molecule has 1 heterocycles. The number of rotatable bonds is 8. The van der Waals surface area contributed by atoms with Crippen molar-refractivity contribution in [2.24, 2.45) is 0 Å². The Bertz CT molecular complexity index is 1520. The Labute approximate surface area is 205 Å². The Kier molecular flexibility index (Phi) is 7.30. The smallest absolute Gasteiger partial charge is 0.396 e. The number of fused-ring (bicyclic) bond motifs is 1. The fourth-order valence-corrected chi connectivity index (χ4v) is 5.29. The van der Waals surface area contributed by atoms with Gasteiger partial charge < -0.3 is 10.1 Å². The topological polar surface area (TPSA) is 99.3 Å². The lowest BCUT2D eigenvalue weighted by molar-refractivity contribution is -0.136. The minimum absolute atomic E-state index is 0.0283. The predicted molar refractivity (Wildman–Crippen MR) is 130 cm³/mol. The molecule has 0 aliphatic heterocycles. The average molecular weight is 517 g/mol. The molecule has 0 aliphatic carbocycles. The summed E-state index contributed by atoms with van der Waals surface area (Å²) in [5.41, 5.74) is 0.236. The molecule has 4 aromatic rings. The molecular weight excluding hydrogens is 493 g/mol. The van der Waals surface area contributed by atoms with Crippen molar-refractivity contribution in [3.05, 3.63) is 111 Å². The zero-order valence-corrected chi connectivity index (χ0v) is 19.7. The molecule has 4 rings (SSSR count). The monoisotopic (exact) mass is 516 g/mol. The molecule has 0 saturated heterocycles. The third-order valence-corrected chi connectivity index (χ3v) is 7.26. The van der Waals surface area contributed by atoms with Crippen LogP contribution >= 0.6 is 0 Å². The maximum atomic E-state index is 13.4. The Morgan fingerprint density at radius 1 is 0.917 bits per heavy atom. The van der Waals surface area contributed by atoms with E-state index >= 15 is 0 Å². The highest BCUT2D eigenvalue weighted by atomic mass is 32.2. The summed E-state index contributed by atoms with van der Waals surface area (Å²) in [7, 11) is -3.89. The van der Waals surface area contributed by atoms with E-state index in [2.05, 4.69) is 9.71 Å². The largest absolute Gasteiger partial charge is 0.417 e. The van der Waals surface area contributed by atoms with Gasteiger partial charge in [-0.25, -0.2) is 13.1 Å². The van der Waals surface area contributed by atoms with Crippen LogP contribution in [0.15, 0.2) is 88.6 Å². The zero-order valence-electron chi connectivity index (χ0n) is 18.9. The lowest BCUT2D eigenvalue weighted by Crippen LogP contribution is -2.29. The fraction of sp³-hybridized carbons (Fsp3) is 0.192. The summed E-state index contributed by atoms with van der Waals surface area (Å²) in [6, 6.07) is 19.3. The van der Waals surface area contributed by atoms with Crippen LogP contribution in [0.25, 0.3) is 10.9 Å². The van der Waals surface area contributed by atoms with Gasteiger partial charge in [0.2, 0.25) is 15.6 Å². The van der Waals surface area contributed by atoms with Crippen molar-refractivity contribution in [1.29, 1.82) is 0 Å². The number of hydrogen-bond donors (Lipinski definition) is 3. The van der Waals surface area contributed by atoms with Crippen LogP contribution in [-0.2, 0) is 22.6 Å². The molecule has 6 nitrogen and oxygen atoms in total. The van der Waals surface area contributed by atoms with Crippen LogP contribution < -0.4 is 10.3 Å². The van der Waals surface area contributed by atoms with Gasteiger partial charge in [0.25, 0.3) is 0 Å². The first kappa shape index (κ1) is 25.6. The number of aliphatic hydroxyl groups excluding tert-OH is 1. The minimum Gasteiger partial charge on any atom is -0.396 e. The lowest BCUT2D eigenvalue weighted by atomic mass is 10.0. The molecule has 1 atom stereocenters. The van der Waals surface area contributed by atoms with Gasteiger partial charge in [-0.1, -0.05) is 48.5 Å². The first-order chi connectivity index (χ1) is 17.1. The minimum atomic E-state index is -4.68. The molecule has 0 radical (unpaired) electrons. The summed E-state index contributed by atoms with van der Waals surface area (Å²) < 4.78 is 68.8. The second kappa shape index (κ2) is 10.3. The number of nitrogens with one attached hydrogen (secondary N) is 2. The summed E-state index contributed by atoms with van der Waals surface area (Å²) in [5.74, 6) is 0. The summed E-state index contributed by atoms with van der Waals surface area (Å²) in [5, 5.41) is 9.26. The second-order valence-electron chi connectivity index (χ2n) is 8.34. The fourth-order valence-electron chi connectivity index (χ4n) is 4.03. The molecule has 3 aromatic carbocycles. The van der Waals surface area contributed by atoms with E-state index in [-0.39, 0.29) is 35.2 Å². The summed E-state index contributed by atoms with van der Waals surface area (Å²) >= 11 is 0. The molecule has 0 bridgehead atoms. The van der Waals surface area contributed by atoms with Crippen molar-refractivity contribution >= 4 is 20.9 Å². The van der Waals surface area contributed by atoms with Gasteiger partial charge in [-0.3, -0.25) is 4.79 Å². The first-order valence-corrected chi connectivity index (χ1v) is 12.6. The predicted octanol–water partition coefficient (Wildman–Crippen LogP) is 4.54. The maximum Gasteiger partial charge on any atom is 0.417 e. The quantitative estimate of drug-likeness (QED) is 0.320. The Morgan fingerprint density at radius 2 is 1.58 bits per heavy atom. The number of hydrogen-bond acceptors (Lipinski definition) is 4. The van der Waals surface area contributed by atoms with E-state index in [9.17, 15) is 31.5 Å². The molecule has 0 spiro atoms. The highest BCUT2D eigenvalue weighted by Gasteiger charge is 2.33. The van der Waals surface area contributed by atoms with E-state index in [1.807, 2.05) is 6.07 Å².